The number of aliphatic hydroxyl groups excluding tert-OH is 2. The van der Waals surface area contributed by atoms with Gasteiger partial charge in [0.1, 0.15) is 5.82 Å². The van der Waals surface area contributed by atoms with Crippen LogP contribution in [0.2, 0.25) is 0 Å². The van der Waals surface area contributed by atoms with E-state index in [0.29, 0.717) is 16.7 Å². The monoisotopic (exact) mass is 208 g/mol. The van der Waals surface area contributed by atoms with E-state index < -0.39 is 5.82 Å². The third-order valence-electron chi connectivity index (χ3n) is 2.08. The lowest BCUT2D eigenvalue weighted by Crippen LogP contribution is -2.02. The van der Waals surface area contributed by atoms with Gasteiger partial charge < -0.3 is 10.2 Å². The van der Waals surface area contributed by atoms with Crippen LogP contribution in [-0.4, -0.2) is 20.2 Å². The Balaban J connectivity index is 2.69. The minimum atomic E-state index is -0.405. The highest BCUT2D eigenvalue weighted by atomic mass is 19.1. The minimum Gasteiger partial charge on any atom is -0.390 e. The van der Waals surface area contributed by atoms with E-state index in [1.165, 1.54) is 18.2 Å². The topological polar surface area (TPSA) is 66.2 Å². The normalized spacial score (nSPS) is 10.9. The van der Waals surface area contributed by atoms with Crippen LogP contribution >= 0.6 is 0 Å². The van der Waals surface area contributed by atoms with Crippen molar-refractivity contribution < 1.29 is 14.6 Å². The second kappa shape index (κ2) is 3.88. The van der Waals surface area contributed by atoms with Crippen molar-refractivity contribution >= 4 is 11.0 Å². The molecule has 0 unspecified atom stereocenters. The zero-order chi connectivity index (χ0) is 10.8. The van der Waals surface area contributed by atoms with Crippen LogP contribution in [0.25, 0.3) is 11.0 Å². The maximum atomic E-state index is 12.9. The summed E-state index contributed by atoms with van der Waals surface area (Å²) in [6.45, 7) is -0.619. The molecule has 0 spiro atoms. The molecule has 15 heavy (non-hydrogen) atoms. The molecule has 0 saturated heterocycles. The van der Waals surface area contributed by atoms with Crippen molar-refractivity contribution in [3.8, 4) is 0 Å². The van der Waals surface area contributed by atoms with Gasteiger partial charge in [0, 0.05) is 6.07 Å². The number of benzene rings is 1. The summed E-state index contributed by atoms with van der Waals surface area (Å²) in [4.78, 5) is 8.08. The maximum Gasteiger partial charge on any atom is 0.125 e. The Hall–Kier alpha value is -1.59. The lowest BCUT2D eigenvalue weighted by Gasteiger charge is -2.05. The number of halogens is 1. The molecule has 2 rings (SSSR count). The molecule has 78 valence electrons. The van der Waals surface area contributed by atoms with E-state index >= 15 is 0 Å². The summed E-state index contributed by atoms with van der Waals surface area (Å²) in [6.07, 6.45) is 0. The zero-order valence-corrected chi connectivity index (χ0v) is 7.81. The summed E-state index contributed by atoms with van der Waals surface area (Å²) in [5, 5.41) is 17.9. The van der Waals surface area contributed by atoms with Crippen molar-refractivity contribution in [2.75, 3.05) is 0 Å². The Labute approximate surface area is 85.0 Å². The molecule has 0 aliphatic carbocycles. The molecule has 2 aromatic rings. The summed E-state index contributed by atoms with van der Waals surface area (Å²) in [5.41, 5.74) is 1.46. The van der Waals surface area contributed by atoms with Crippen LogP contribution < -0.4 is 0 Å². The molecule has 1 aromatic carbocycles. The van der Waals surface area contributed by atoms with Crippen molar-refractivity contribution in [2.24, 2.45) is 0 Å². The van der Waals surface area contributed by atoms with E-state index in [4.69, 9.17) is 10.2 Å². The zero-order valence-electron chi connectivity index (χ0n) is 7.81. The standard InChI is InChI=1S/C10H9FN2O2/c11-6-1-2-7-8(3-6)13-10(5-15)9(4-14)12-7/h1-3,14-15H,4-5H2. The van der Waals surface area contributed by atoms with Crippen molar-refractivity contribution in [3.63, 3.8) is 0 Å². The van der Waals surface area contributed by atoms with Gasteiger partial charge in [-0.05, 0) is 12.1 Å². The fourth-order valence-corrected chi connectivity index (χ4v) is 1.35. The SMILES string of the molecule is OCc1nc2ccc(F)cc2nc1CO. The van der Waals surface area contributed by atoms with Crippen LogP contribution in [0.3, 0.4) is 0 Å². The third-order valence-corrected chi connectivity index (χ3v) is 2.08. The second-order valence-corrected chi connectivity index (χ2v) is 3.07. The van der Waals surface area contributed by atoms with Gasteiger partial charge in [-0.3, -0.25) is 0 Å². The molecule has 5 heteroatoms. The van der Waals surface area contributed by atoms with E-state index in [-0.39, 0.29) is 18.9 Å². The van der Waals surface area contributed by atoms with Gasteiger partial charge in [-0.2, -0.15) is 0 Å². The lowest BCUT2D eigenvalue weighted by molar-refractivity contribution is 0.252. The fraction of sp³-hybridized carbons (Fsp3) is 0.200. The molecule has 0 fully saturated rings. The predicted octanol–water partition coefficient (Wildman–Crippen LogP) is 0.754. The second-order valence-electron chi connectivity index (χ2n) is 3.07. The van der Waals surface area contributed by atoms with E-state index in [9.17, 15) is 4.39 Å². The Morgan fingerprint density at radius 2 is 1.60 bits per heavy atom. The van der Waals surface area contributed by atoms with Crippen LogP contribution in [0.5, 0.6) is 0 Å². The number of fused-ring (bicyclic) bond motifs is 1. The number of aliphatic hydroxyl groups is 2. The fourth-order valence-electron chi connectivity index (χ4n) is 1.35. The highest BCUT2D eigenvalue weighted by molar-refractivity contribution is 5.74. The molecule has 4 nitrogen and oxygen atoms in total. The van der Waals surface area contributed by atoms with Gasteiger partial charge in [-0.1, -0.05) is 0 Å². The first-order valence-corrected chi connectivity index (χ1v) is 4.41. The van der Waals surface area contributed by atoms with Gasteiger partial charge in [0.2, 0.25) is 0 Å². The average molecular weight is 208 g/mol. The van der Waals surface area contributed by atoms with Gasteiger partial charge >= 0.3 is 0 Å². The lowest BCUT2D eigenvalue weighted by atomic mass is 10.2. The molecule has 0 saturated carbocycles. The van der Waals surface area contributed by atoms with Crippen LogP contribution in [0.4, 0.5) is 4.39 Å². The summed E-state index contributed by atoms with van der Waals surface area (Å²) >= 11 is 0. The van der Waals surface area contributed by atoms with Crippen LogP contribution in [0.15, 0.2) is 18.2 Å². The molecule has 1 aromatic heterocycles. The summed E-state index contributed by atoms with van der Waals surface area (Å²) in [7, 11) is 0. The summed E-state index contributed by atoms with van der Waals surface area (Å²) in [5.74, 6) is -0.405. The number of nitrogens with zero attached hydrogens (tertiary/aromatic N) is 2. The largest absolute Gasteiger partial charge is 0.390 e. The number of hydrogen-bond acceptors (Lipinski definition) is 4. The smallest absolute Gasteiger partial charge is 0.125 e. The Bertz CT molecular complexity index is 502. The predicted molar refractivity (Wildman–Crippen MR) is 51.3 cm³/mol. The molecule has 2 N–H and O–H groups in total. The quantitative estimate of drug-likeness (QED) is 0.764. The van der Waals surface area contributed by atoms with E-state index in [0.717, 1.165) is 0 Å². The van der Waals surface area contributed by atoms with Crippen molar-refractivity contribution in [1.82, 2.24) is 9.97 Å². The molecule has 0 radical (unpaired) electrons. The molecular weight excluding hydrogens is 199 g/mol. The first-order chi connectivity index (χ1) is 7.24. The van der Waals surface area contributed by atoms with Gasteiger partial charge in [-0.15, -0.1) is 0 Å². The number of aromatic nitrogens is 2. The Kier molecular flexibility index (Phi) is 2.57. The molecule has 0 amide bonds. The maximum absolute atomic E-state index is 12.9. The van der Waals surface area contributed by atoms with Crippen LogP contribution in [0.1, 0.15) is 11.4 Å². The van der Waals surface area contributed by atoms with E-state index in [1.54, 1.807) is 0 Å². The van der Waals surface area contributed by atoms with Crippen molar-refractivity contribution in [2.45, 2.75) is 13.2 Å². The molecule has 0 aliphatic rings. The average Bonchev–Trinajstić information content (AvgIpc) is 2.27. The summed E-state index contributed by atoms with van der Waals surface area (Å²) < 4.78 is 12.9. The minimum absolute atomic E-state index is 0.274. The molecule has 0 aliphatic heterocycles. The van der Waals surface area contributed by atoms with Gasteiger partial charge in [-0.25, -0.2) is 14.4 Å². The highest BCUT2D eigenvalue weighted by Crippen LogP contribution is 2.14. The van der Waals surface area contributed by atoms with Crippen molar-refractivity contribution in [3.05, 3.63) is 35.4 Å². The first-order valence-electron chi connectivity index (χ1n) is 4.41. The molecule has 1 heterocycles. The summed E-state index contributed by atoms with van der Waals surface area (Å²) in [6, 6.07) is 4.00. The number of hydrogen-bond donors (Lipinski definition) is 2. The molecule has 0 atom stereocenters. The van der Waals surface area contributed by atoms with Crippen LogP contribution in [-0.2, 0) is 13.2 Å². The molecule has 0 bridgehead atoms. The van der Waals surface area contributed by atoms with E-state index in [2.05, 4.69) is 9.97 Å². The highest BCUT2D eigenvalue weighted by Gasteiger charge is 2.07. The first kappa shape index (κ1) is 9.95. The number of rotatable bonds is 2. The van der Waals surface area contributed by atoms with Crippen molar-refractivity contribution in [1.29, 1.82) is 0 Å². The van der Waals surface area contributed by atoms with Gasteiger partial charge in [0.05, 0.1) is 35.6 Å². The third kappa shape index (κ3) is 1.79. The Morgan fingerprint density at radius 3 is 2.20 bits per heavy atom. The van der Waals surface area contributed by atoms with Gasteiger partial charge in [0.25, 0.3) is 0 Å². The Morgan fingerprint density at radius 1 is 1.00 bits per heavy atom. The van der Waals surface area contributed by atoms with E-state index in [1.807, 2.05) is 0 Å². The molecular formula is C10H9FN2O2. The van der Waals surface area contributed by atoms with Crippen LogP contribution in [0, 0.1) is 5.82 Å². The van der Waals surface area contributed by atoms with Gasteiger partial charge in [0.15, 0.2) is 0 Å².